The van der Waals surface area contributed by atoms with Crippen molar-refractivity contribution in [2.75, 3.05) is 19.7 Å². The Bertz CT molecular complexity index is 245. The Balaban J connectivity index is 2.30. The second-order valence-corrected chi connectivity index (χ2v) is 5.40. The Morgan fingerprint density at radius 2 is 1.79 bits per heavy atom. The number of nitrogens with zero attached hydrogens (tertiary/aromatic N) is 1. The van der Waals surface area contributed by atoms with Crippen molar-refractivity contribution in [1.29, 1.82) is 0 Å². The van der Waals surface area contributed by atoms with Gasteiger partial charge < -0.3 is 15.0 Å². The Morgan fingerprint density at radius 3 is 2.26 bits per heavy atom. The van der Waals surface area contributed by atoms with Crippen LogP contribution in [0.5, 0.6) is 0 Å². The first kappa shape index (κ1) is 16.3. The number of nitrogens with one attached hydrogen (secondary N) is 1. The molecular formula is C15H30N2O2. The van der Waals surface area contributed by atoms with Gasteiger partial charge in [-0.25, -0.2) is 4.79 Å². The summed E-state index contributed by atoms with van der Waals surface area (Å²) in [4.78, 5) is 13.4. The molecule has 1 saturated heterocycles. The summed E-state index contributed by atoms with van der Waals surface area (Å²) in [7, 11) is 0. The van der Waals surface area contributed by atoms with Gasteiger partial charge in [0.25, 0.3) is 0 Å². The Labute approximate surface area is 117 Å². The van der Waals surface area contributed by atoms with Gasteiger partial charge >= 0.3 is 6.09 Å². The predicted molar refractivity (Wildman–Crippen MR) is 78.4 cm³/mol. The van der Waals surface area contributed by atoms with Gasteiger partial charge in [-0.05, 0) is 32.6 Å². The highest BCUT2D eigenvalue weighted by Crippen LogP contribution is 2.14. The normalized spacial score (nSPS) is 16.9. The molecule has 0 bridgehead atoms. The van der Waals surface area contributed by atoms with Gasteiger partial charge in [-0.2, -0.15) is 0 Å². The molecule has 0 aromatic rings. The number of likely N-dealkylation sites (tertiary alicyclic amines) is 1. The molecule has 4 heteroatoms. The molecule has 1 amide bonds. The van der Waals surface area contributed by atoms with Crippen LogP contribution in [0.1, 0.15) is 59.3 Å². The van der Waals surface area contributed by atoms with Gasteiger partial charge in [0.1, 0.15) is 0 Å². The lowest BCUT2D eigenvalue weighted by atomic mass is 10.0. The highest BCUT2D eigenvalue weighted by Gasteiger charge is 2.24. The van der Waals surface area contributed by atoms with E-state index in [0.29, 0.717) is 18.7 Å². The minimum atomic E-state index is -0.153. The average Bonchev–Trinajstić information content (AvgIpc) is 2.40. The molecule has 0 atom stereocenters. The zero-order valence-corrected chi connectivity index (χ0v) is 12.8. The van der Waals surface area contributed by atoms with Crippen LogP contribution in [-0.4, -0.2) is 42.8 Å². The van der Waals surface area contributed by atoms with Crippen LogP contribution in [0.3, 0.4) is 0 Å². The maximum Gasteiger partial charge on any atom is 0.409 e. The van der Waals surface area contributed by atoms with E-state index in [4.69, 9.17) is 4.74 Å². The van der Waals surface area contributed by atoms with E-state index < -0.39 is 0 Å². The number of ether oxygens (including phenoxy) is 1. The molecule has 1 N–H and O–H groups in total. The first-order chi connectivity index (χ1) is 9.21. The molecule has 4 nitrogen and oxygen atoms in total. The van der Waals surface area contributed by atoms with Crippen molar-refractivity contribution >= 4 is 6.09 Å². The lowest BCUT2D eigenvalue weighted by Gasteiger charge is -2.34. The van der Waals surface area contributed by atoms with Crippen molar-refractivity contribution in [2.24, 2.45) is 0 Å². The van der Waals surface area contributed by atoms with Gasteiger partial charge in [0.15, 0.2) is 0 Å². The Morgan fingerprint density at radius 1 is 1.21 bits per heavy atom. The van der Waals surface area contributed by atoms with Gasteiger partial charge in [-0.3, -0.25) is 0 Å². The summed E-state index contributed by atoms with van der Waals surface area (Å²) in [6.07, 6.45) is 6.92. The van der Waals surface area contributed by atoms with Gasteiger partial charge in [-0.1, -0.05) is 26.7 Å². The molecule has 1 rings (SSSR count). The summed E-state index contributed by atoms with van der Waals surface area (Å²) < 4.78 is 5.04. The molecule has 0 saturated carbocycles. The molecule has 112 valence electrons. The SMILES string of the molecule is CCCC(CCC)NC1CCN(C(=O)OCC)CC1. The standard InChI is InChI=1S/C15H30N2O2/c1-4-7-13(8-5-2)16-14-9-11-17(12-10-14)15(18)19-6-3/h13-14,16H,4-12H2,1-3H3. The van der Waals surface area contributed by atoms with Crippen LogP contribution in [0.4, 0.5) is 4.79 Å². The first-order valence-electron chi connectivity index (χ1n) is 7.88. The molecule has 0 radical (unpaired) electrons. The van der Waals surface area contributed by atoms with Crippen LogP contribution in [0, 0.1) is 0 Å². The average molecular weight is 270 g/mol. The Kier molecular flexibility index (Phi) is 7.87. The molecule has 1 aliphatic heterocycles. The fourth-order valence-corrected chi connectivity index (χ4v) is 2.78. The molecule has 0 unspecified atom stereocenters. The molecule has 1 heterocycles. The number of carbonyl (C=O) groups excluding carboxylic acids is 1. The summed E-state index contributed by atoms with van der Waals surface area (Å²) in [6.45, 7) is 8.45. The summed E-state index contributed by atoms with van der Waals surface area (Å²) >= 11 is 0. The van der Waals surface area contributed by atoms with E-state index in [9.17, 15) is 4.79 Å². The molecule has 19 heavy (non-hydrogen) atoms. The van der Waals surface area contributed by atoms with Crippen molar-refractivity contribution in [2.45, 2.75) is 71.4 Å². The van der Waals surface area contributed by atoms with E-state index in [1.54, 1.807) is 0 Å². The van der Waals surface area contributed by atoms with E-state index in [1.165, 1.54) is 25.7 Å². The number of hydrogen-bond acceptors (Lipinski definition) is 3. The molecule has 0 aromatic carbocycles. The fraction of sp³-hybridized carbons (Fsp3) is 0.933. The maximum absolute atomic E-state index is 11.6. The number of hydrogen-bond donors (Lipinski definition) is 1. The van der Waals surface area contributed by atoms with Gasteiger partial charge in [-0.15, -0.1) is 0 Å². The third-order valence-corrected chi connectivity index (χ3v) is 3.77. The third-order valence-electron chi connectivity index (χ3n) is 3.77. The zero-order valence-electron chi connectivity index (χ0n) is 12.8. The summed E-state index contributed by atoms with van der Waals surface area (Å²) in [5.41, 5.74) is 0. The number of amides is 1. The number of carbonyl (C=O) groups is 1. The molecule has 1 fully saturated rings. The third kappa shape index (κ3) is 5.81. The minimum absolute atomic E-state index is 0.153. The summed E-state index contributed by atoms with van der Waals surface area (Å²) in [5.74, 6) is 0. The topological polar surface area (TPSA) is 41.6 Å². The lowest BCUT2D eigenvalue weighted by Crippen LogP contribution is -2.47. The molecular weight excluding hydrogens is 240 g/mol. The van der Waals surface area contributed by atoms with Crippen LogP contribution >= 0.6 is 0 Å². The fourth-order valence-electron chi connectivity index (χ4n) is 2.78. The predicted octanol–water partition coefficient (Wildman–Crippen LogP) is 3.17. The van der Waals surface area contributed by atoms with Gasteiger partial charge in [0, 0.05) is 25.2 Å². The van der Waals surface area contributed by atoms with E-state index in [2.05, 4.69) is 19.2 Å². The quantitative estimate of drug-likeness (QED) is 0.772. The second-order valence-electron chi connectivity index (χ2n) is 5.40. The first-order valence-corrected chi connectivity index (χ1v) is 7.88. The zero-order chi connectivity index (χ0) is 14.1. The van der Waals surface area contributed by atoms with E-state index >= 15 is 0 Å². The highest BCUT2D eigenvalue weighted by atomic mass is 16.6. The molecule has 0 aromatic heterocycles. The van der Waals surface area contributed by atoms with Gasteiger partial charge in [0.05, 0.1) is 6.61 Å². The van der Waals surface area contributed by atoms with E-state index in [1.807, 2.05) is 11.8 Å². The van der Waals surface area contributed by atoms with E-state index in [-0.39, 0.29) is 6.09 Å². The maximum atomic E-state index is 11.6. The van der Waals surface area contributed by atoms with Crippen molar-refractivity contribution in [3.8, 4) is 0 Å². The van der Waals surface area contributed by atoms with Gasteiger partial charge in [0.2, 0.25) is 0 Å². The van der Waals surface area contributed by atoms with Crippen LogP contribution in [0.25, 0.3) is 0 Å². The summed E-state index contributed by atoms with van der Waals surface area (Å²) in [6, 6.07) is 1.21. The van der Waals surface area contributed by atoms with Crippen LogP contribution < -0.4 is 5.32 Å². The molecule has 1 aliphatic rings. The van der Waals surface area contributed by atoms with E-state index in [0.717, 1.165) is 25.9 Å². The smallest absolute Gasteiger partial charge is 0.409 e. The minimum Gasteiger partial charge on any atom is -0.450 e. The lowest BCUT2D eigenvalue weighted by molar-refractivity contribution is 0.0939. The van der Waals surface area contributed by atoms with Crippen molar-refractivity contribution < 1.29 is 9.53 Å². The van der Waals surface area contributed by atoms with Crippen LogP contribution in [0.2, 0.25) is 0 Å². The van der Waals surface area contributed by atoms with Crippen molar-refractivity contribution in [1.82, 2.24) is 10.2 Å². The van der Waals surface area contributed by atoms with Crippen LogP contribution in [0.15, 0.2) is 0 Å². The van der Waals surface area contributed by atoms with Crippen molar-refractivity contribution in [3.05, 3.63) is 0 Å². The number of piperidine rings is 1. The Hall–Kier alpha value is -0.770. The molecule has 0 spiro atoms. The largest absolute Gasteiger partial charge is 0.450 e. The monoisotopic (exact) mass is 270 g/mol. The number of rotatable bonds is 7. The van der Waals surface area contributed by atoms with Crippen molar-refractivity contribution in [3.63, 3.8) is 0 Å². The molecule has 0 aliphatic carbocycles. The second kappa shape index (κ2) is 9.18. The summed E-state index contributed by atoms with van der Waals surface area (Å²) in [5, 5.41) is 3.77. The highest BCUT2D eigenvalue weighted by molar-refractivity contribution is 5.67. The van der Waals surface area contributed by atoms with Crippen LogP contribution in [-0.2, 0) is 4.74 Å².